The van der Waals surface area contributed by atoms with Crippen LogP contribution in [-0.2, 0) is 10.0 Å². The number of hydrogen-bond donors (Lipinski definition) is 1. The lowest BCUT2D eigenvalue weighted by molar-refractivity contribution is 0.0923. The zero-order chi connectivity index (χ0) is 17.0. The van der Waals surface area contributed by atoms with Gasteiger partial charge in [-0.3, -0.25) is 4.79 Å². The van der Waals surface area contributed by atoms with Crippen LogP contribution in [-0.4, -0.2) is 55.1 Å². The van der Waals surface area contributed by atoms with Gasteiger partial charge in [-0.25, -0.2) is 17.7 Å². The molecule has 1 fully saturated rings. The zero-order valence-corrected chi connectivity index (χ0v) is 14.5. The first-order chi connectivity index (χ1) is 10.8. The normalized spacial score (nSPS) is 17.2. The van der Waals surface area contributed by atoms with Crippen LogP contribution < -0.4 is 10.1 Å². The Morgan fingerprint density at radius 3 is 2.48 bits per heavy atom. The van der Waals surface area contributed by atoms with Crippen LogP contribution in [0.25, 0.3) is 0 Å². The number of hydrogen-bond acceptors (Lipinski definition) is 5. The molecule has 2 heterocycles. The number of pyridine rings is 1. The second kappa shape index (κ2) is 7.27. The third-order valence-corrected chi connectivity index (χ3v) is 4.92. The van der Waals surface area contributed by atoms with Crippen LogP contribution in [0.15, 0.2) is 18.3 Å². The monoisotopic (exact) mass is 341 g/mol. The molecule has 0 bridgehead atoms. The first kappa shape index (κ1) is 17.7. The summed E-state index contributed by atoms with van der Waals surface area (Å²) in [5.74, 6) is 0.282. The molecule has 0 aromatic carbocycles. The molecule has 128 valence electrons. The molecule has 0 atom stereocenters. The average Bonchev–Trinajstić information content (AvgIpc) is 2.47. The number of amides is 1. The maximum atomic E-state index is 12.2. The highest BCUT2D eigenvalue weighted by atomic mass is 32.2. The summed E-state index contributed by atoms with van der Waals surface area (Å²) in [6.45, 7) is 4.68. The number of nitrogens with zero attached hydrogens (tertiary/aromatic N) is 2. The lowest BCUT2D eigenvalue weighted by Gasteiger charge is -2.30. The predicted octanol–water partition coefficient (Wildman–Crippen LogP) is 1.02. The fraction of sp³-hybridized carbons (Fsp3) is 0.600. The lowest BCUT2D eigenvalue weighted by Crippen LogP contribution is -2.46. The highest BCUT2D eigenvalue weighted by Gasteiger charge is 2.26. The van der Waals surface area contributed by atoms with Gasteiger partial charge in [0.2, 0.25) is 15.9 Å². The van der Waals surface area contributed by atoms with Crippen molar-refractivity contribution in [2.45, 2.75) is 38.8 Å². The number of ether oxygens (including phenoxy) is 1. The Labute approximate surface area is 137 Å². The van der Waals surface area contributed by atoms with Gasteiger partial charge in [-0.05, 0) is 32.8 Å². The molecule has 23 heavy (non-hydrogen) atoms. The molecule has 1 amide bonds. The molecule has 0 aliphatic carbocycles. The molecular weight excluding hydrogens is 318 g/mol. The molecule has 1 aliphatic heterocycles. The van der Waals surface area contributed by atoms with Crippen molar-refractivity contribution in [3.8, 4) is 5.88 Å². The Kier molecular flexibility index (Phi) is 5.59. The van der Waals surface area contributed by atoms with Crippen LogP contribution in [0.4, 0.5) is 0 Å². The van der Waals surface area contributed by atoms with E-state index in [1.165, 1.54) is 16.8 Å². The maximum absolute atomic E-state index is 12.2. The van der Waals surface area contributed by atoms with Gasteiger partial charge >= 0.3 is 0 Å². The minimum Gasteiger partial charge on any atom is -0.475 e. The second-order valence-electron chi connectivity index (χ2n) is 5.96. The minimum absolute atomic E-state index is 0.0212. The van der Waals surface area contributed by atoms with E-state index in [-0.39, 0.29) is 18.1 Å². The number of aromatic nitrogens is 1. The van der Waals surface area contributed by atoms with Gasteiger partial charge in [0.25, 0.3) is 5.91 Å². The highest BCUT2D eigenvalue weighted by molar-refractivity contribution is 7.88. The van der Waals surface area contributed by atoms with E-state index in [0.29, 0.717) is 37.4 Å². The van der Waals surface area contributed by atoms with Gasteiger partial charge in [-0.2, -0.15) is 0 Å². The largest absolute Gasteiger partial charge is 0.475 e. The third kappa shape index (κ3) is 5.18. The molecule has 0 unspecified atom stereocenters. The Morgan fingerprint density at radius 1 is 1.35 bits per heavy atom. The predicted molar refractivity (Wildman–Crippen MR) is 86.9 cm³/mol. The summed E-state index contributed by atoms with van der Waals surface area (Å²) in [5.41, 5.74) is 0.464. The number of sulfonamides is 1. The SMILES string of the molecule is CC(C)Oc1ccc(C(=O)NC2CCN(S(C)(=O)=O)CC2)cn1. The first-order valence-corrected chi connectivity index (χ1v) is 9.49. The third-order valence-electron chi connectivity index (χ3n) is 3.61. The van der Waals surface area contributed by atoms with Crippen molar-refractivity contribution in [3.63, 3.8) is 0 Å². The number of rotatable bonds is 5. The molecular formula is C15H23N3O4S. The quantitative estimate of drug-likeness (QED) is 0.864. The van der Waals surface area contributed by atoms with Crippen molar-refractivity contribution < 1.29 is 17.9 Å². The van der Waals surface area contributed by atoms with Crippen LogP contribution >= 0.6 is 0 Å². The summed E-state index contributed by atoms with van der Waals surface area (Å²) in [5, 5.41) is 2.93. The van der Waals surface area contributed by atoms with E-state index >= 15 is 0 Å². The lowest BCUT2D eigenvalue weighted by atomic mass is 10.1. The molecule has 0 radical (unpaired) electrons. The van der Waals surface area contributed by atoms with E-state index in [1.54, 1.807) is 12.1 Å². The van der Waals surface area contributed by atoms with Crippen LogP contribution in [0, 0.1) is 0 Å². The molecule has 1 aliphatic rings. The van der Waals surface area contributed by atoms with E-state index in [1.807, 2.05) is 13.8 Å². The van der Waals surface area contributed by atoms with Gasteiger partial charge in [0.15, 0.2) is 0 Å². The molecule has 0 spiro atoms. The summed E-state index contributed by atoms with van der Waals surface area (Å²) in [4.78, 5) is 16.3. The van der Waals surface area contributed by atoms with Gasteiger partial charge in [0.1, 0.15) is 0 Å². The molecule has 0 saturated carbocycles. The standard InChI is InChI=1S/C15H23N3O4S/c1-11(2)22-14-5-4-12(10-16-14)15(19)17-13-6-8-18(9-7-13)23(3,20)21/h4-5,10-11,13H,6-9H2,1-3H3,(H,17,19). The molecule has 1 aromatic rings. The van der Waals surface area contributed by atoms with Crippen molar-refractivity contribution in [1.29, 1.82) is 0 Å². The van der Waals surface area contributed by atoms with Crippen molar-refractivity contribution >= 4 is 15.9 Å². The number of piperidine rings is 1. The summed E-state index contributed by atoms with van der Waals surface area (Å²) >= 11 is 0. The van der Waals surface area contributed by atoms with Crippen LogP contribution in [0.2, 0.25) is 0 Å². The van der Waals surface area contributed by atoms with Crippen molar-refractivity contribution in [2.24, 2.45) is 0 Å². The maximum Gasteiger partial charge on any atom is 0.253 e. The zero-order valence-electron chi connectivity index (χ0n) is 13.7. The summed E-state index contributed by atoms with van der Waals surface area (Å²) < 4.78 is 29.8. The number of nitrogens with one attached hydrogen (secondary N) is 1. The average molecular weight is 341 g/mol. The smallest absolute Gasteiger partial charge is 0.253 e. The summed E-state index contributed by atoms with van der Waals surface area (Å²) in [6, 6.07) is 3.32. The van der Waals surface area contributed by atoms with Crippen LogP contribution in [0.3, 0.4) is 0 Å². The van der Waals surface area contributed by atoms with Gasteiger partial charge < -0.3 is 10.1 Å². The molecule has 1 aromatic heterocycles. The molecule has 2 rings (SSSR count). The van der Waals surface area contributed by atoms with E-state index < -0.39 is 10.0 Å². The first-order valence-electron chi connectivity index (χ1n) is 7.64. The molecule has 8 heteroatoms. The highest BCUT2D eigenvalue weighted by Crippen LogP contribution is 2.14. The summed E-state index contributed by atoms with van der Waals surface area (Å²) in [7, 11) is -3.15. The summed E-state index contributed by atoms with van der Waals surface area (Å²) in [6.07, 6.45) is 3.95. The Hall–Kier alpha value is -1.67. The van der Waals surface area contributed by atoms with E-state index in [2.05, 4.69) is 10.3 Å². The van der Waals surface area contributed by atoms with E-state index in [4.69, 9.17) is 4.74 Å². The topological polar surface area (TPSA) is 88.6 Å². The Balaban J connectivity index is 1.88. The van der Waals surface area contributed by atoms with Gasteiger partial charge in [0.05, 0.1) is 17.9 Å². The van der Waals surface area contributed by atoms with Gasteiger partial charge in [0, 0.05) is 31.4 Å². The second-order valence-corrected chi connectivity index (χ2v) is 7.94. The van der Waals surface area contributed by atoms with Crippen molar-refractivity contribution in [1.82, 2.24) is 14.6 Å². The Bertz CT molecular complexity index is 635. The van der Waals surface area contributed by atoms with Crippen LogP contribution in [0.1, 0.15) is 37.0 Å². The number of carbonyl (C=O) groups is 1. The van der Waals surface area contributed by atoms with Crippen LogP contribution in [0.5, 0.6) is 5.88 Å². The van der Waals surface area contributed by atoms with Crippen molar-refractivity contribution in [3.05, 3.63) is 23.9 Å². The minimum atomic E-state index is -3.15. The molecule has 1 N–H and O–H groups in total. The van der Waals surface area contributed by atoms with E-state index in [9.17, 15) is 13.2 Å². The van der Waals surface area contributed by atoms with E-state index in [0.717, 1.165) is 0 Å². The van der Waals surface area contributed by atoms with Crippen molar-refractivity contribution in [2.75, 3.05) is 19.3 Å². The molecule has 1 saturated heterocycles. The van der Waals surface area contributed by atoms with Gasteiger partial charge in [-0.15, -0.1) is 0 Å². The number of carbonyl (C=O) groups excluding carboxylic acids is 1. The Morgan fingerprint density at radius 2 is 2.00 bits per heavy atom. The molecule has 7 nitrogen and oxygen atoms in total. The fourth-order valence-corrected chi connectivity index (χ4v) is 3.30. The van der Waals surface area contributed by atoms with Gasteiger partial charge in [-0.1, -0.05) is 0 Å². The fourth-order valence-electron chi connectivity index (χ4n) is 2.43.